The van der Waals surface area contributed by atoms with Crippen LogP contribution in [0.3, 0.4) is 0 Å². The van der Waals surface area contributed by atoms with Crippen molar-refractivity contribution in [2.45, 2.75) is 45.3 Å². The summed E-state index contributed by atoms with van der Waals surface area (Å²) in [6, 6.07) is 8.88. The monoisotopic (exact) mass is 289 g/mol. The number of rotatable bonds is 7. The molecular formula is C17H27N3O. The highest BCUT2D eigenvalue weighted by molar-refractivity contribution is 5.81. The van der Waals surface area contributed by atoms with Crippen LogP contribution in [0.25, 0.3) is 0 Å². The molecule has 0 saturated heterocycles. The number of nitrogens with zero attached hydrogens (tertiary/aromatic N) is 2. The number of carbonyl (C=O) groups excluding carboxylic acids is 1. The Morgan fingerprint density at radius 1 is 1.29 bits per heavy atom. The third-order valence-corrected chi connectivity index (χ3v) is 4.10. The molecule has 2 rings (SSSR count). The Bertz CT molecular complexity index is 465. The van der Waals surface area contributed by atoms with Crippen LogP contribution in [0.5, 0.6) is 0 Å². The van der Waals surface area contributed by atoms with Gasteiger partial charge in [-0.1, -0.05) is 19.1 Å². The molecule has 0 heterocycles. The molecule has 0 spiro atoms. The van der Waals surface area contributed by atoms with Gasteiger partial charge in [-0.25, -0.2) is 0 Å². The van der Waals surface area contributed by atoms with Crippen molar-refractivity contribution in [3.8, 4) is 0 Å². The summed E-state index contributed by atoms with van der Waals surface area (Å²) in [6.45, 7) is 5.78. The van der Waals surface area contributed by atoms with Crippen molar-refractivity contribution in [3.05, 3.63) is 29.8 Å². The average Bonchev–Trinajstić information content (AvgIpc) is 3.28. The second kappa shape index (κ2) is 6.94. The van der Waals surface area contributed by atoms with Gasteiger partial charge in [0, 0.05) is 32.4 Å². The average molecular weight is 289 g/mol. The van der Waals surface area contributed by atoms with E-state index < -0.39 is 0 Å². The number of carbonyl (C=O) groups is 1. The van der Waals surface area contributed by atoms with Gasteiger partial charge in [0.1, 0.15) is 0 Å². The van der Waals surface area contributed by atoms with Crippen LogP contribution in [0.1, 0.15) is 32.3 Å². The Morgan fingerprint density at radius 3 is 2.38 bits per heavy atom. The van der Waals surface area contributed by atoms with Crippen molar-refractivity contribution in [3.63, 3.8) is 0 Å². The molecule has 0 aliphatic heterocycles. The molecule has 1 amide bonds. The van der Waals surface area contributed by atoms with E-state index in [0.29, 0.717) is 6.04 Å². The molecule has 21 heavy (non-hydrogen) atoms. The summed E-state index contributed by atoms with van der Waals surface area (Å²) in [5.41, 5.74) is 2.44. The predicted octanol–water partition coefficient (Wildman–Crippen LogP) is 2.24. The molecule has 1 aromatic carbocycles. The zero-order valence-corrected chi connectivity index (χ0v) is 13.6. The van der Waals surface area contributed by atoms with Gasteiger partial charge in [-0.05, 0) is 44.0 Å². The van der Waals surface area contributed by atoms with E-state index in [1.807, 2.05) is 21.0 Å². The highest BCUT2D eigenvalue weighted by Gasteiger charge is 2.27. The van der Waals surface area contributed by atoms with Gasteiger partial charge in [0.2, 0.25) is 5.91 Å². The quantitative estimate of drug-likeness (QED) is 0.836. The van der Waals surface area contributed by atoms with Gasteiger partial charge in [-0.3, -0.25) is 9.69 Å². The minimum atomic E-state index is -0.0795. The summed E-state index contributed by atoms with van der Waals surface area (Å²) in [6.07, 6.45) is 2.27. The number of hydrogen-bond acceptors (Lipinski definition) is 3. The predicted molar refractivity (Wildman–Crippen MR) is 87.5 cm³/mol. The molecule has 1 fully saturated rings. The van der Waals surface area contributed by atoms with Crippen molar-refractivity contribution < 1.29 is 4.79 Å². The lowest BCUT2D eigenvalue weighted by atomic mass is 10.1. The fourth-order valence-corrected chi connectivity index (χ4v) is 2.37. The maximum atomic E-state index is 12.2. The van der Waals surface area contributed by atoms with Gasteiger partial charge in [-0.2, -0.15) is 0 Å². The second-order valence-corrected chi connectivity index (χ2v) is 6.08. The summed E-state index contributed by atoms with van der Waals surface area (Å²) in [5.74, 6) is 0.157. The van der Waals surface area contributed by atoms with Crippen LogP contribution in [0.2, 0.25) is 0 Å². The summed E-state index contributed by atoms with van der Waals surface area (Å²) < 4.78 is 0. The molecule has 1 aliphatic carbocycles. The number of likely N-dealkylation sites (N-methyl/N-ethyl adjacent to an activating group) is 1. The van der Waals surface area contributed by atoms with E-state index >= 15 is 0 Å². The van der Waals surface area contributed by atoms with E-state index in [4.69, 9.17) is 0 Å². The van der Waals surface area contributed by atoms with Crippen LogP contribution in [0.15, 0.2) is 24.3 Å². The summed E-state index contributed by atoms with van der Waals surface area (Å²) in [5, 5.41) is 3.09. The largest absolute Gasteiger partial charge is 0.378 e. The van der Waals surface area contributed by atoms with E-state index in [2.05, 4.69) is 46.3 Å². The zero-order chi connectivity index (χ0) is 15.4. The first-order valence-electron chi connectivity index (χ1n) is 7.82. The van der Waals surface area contributed by atoms with Gasteiger partial charge >= 0.3 is 0 Å². The molecule has 0 unspecified atom stereocenters. The van der Waals surface area contributed by atoms with Crippen molar-refractivity contribution in [1.29, 1.82) is 0 Å². The lowest BCUT2D eigenvalue weighted by Crippen LogP contribution is -2.45. The van der Waals surface area contributed by atoms with E-state index in [-0.39, 0.29) is 11.9 Å². The Labute approximate surface area is 128 Å². The Balaban J connectivity index is 1.95. The first-order chi connectivity index (χ1) is 10.0. The maximum Gasteiger partial charge on any atom is 0.237 e. The molecule has 1 aromatic rings. The highest BCUT2D eigenvalue weighted by atomic mass is 16.2. The third kappa shape index (κ3) is 4.46. The standard InChI is InChI=1S/C17H27N3O/c1-5-20(13(2)17(21)18-15-8-9-15)12-14-6-10-16(11-7-14)19(3)4/h6-7,10-11,13,15H,5,8-9,12H2,1-4H3,(H,18,21)/t13-/m0/s1. The summed E-state index contributed by atoms with van der Waals surface area (Å²) >= 11 is 0. The van der Waals surface area contributed by atoms with Gasteiger partial charge < -0.3 is 10.2 Å². The topological polar surface area (TPSA) is 35.6 Å². The smallest absolute Gasteiger partial charge is 0.237 e. The minimum absolute atomic E-state index is 0.0795. The molecule has 1 atom stereocenters. The first kappa shape index (κ1) is 15.8. The van der Waals surface area contributed by atoms with E-state index in [1.165, 1.54) is 11.3 Å². The Morgan fingerprint density at radius 2 is 1.90 bits per heavy atom. The molecule has 0 aromatic heterocycles. The molecule has 1 N–H and O–H groups in total. The van der Waals surface area contributed by atoms with Crippen LogP contribution in [0.4, 0.5) is 5.69 Å². The zero-order valence-electron chi connectivity index (χ0n) is 13.6. The summed E-state index contributed by atoms with van der Waals surface area (Å²) in [7, 11) is 4.08. The first-order valence-corrected chi connectivity index (χ1v) is 7.82. The molecule has 4 heteroatoms. The Kier molecular flexibility index (Phi) is 5.23. The fourth-order valence-electron chi connectivity index (χ4n) is 2.37. The van der Waals surface area contributed by atoms with Gasteiger partial charge in [-0.15, -0.1) is 0 Å². The van der Waals surface area contributed by atoms with Crippen molar-refractivity contribution >= 4 is 11.6 Å². The molecule has 4 nitrogen and oxygen atoms in total. The maximum absolute atomic E-state index is 12.2. The third-order valence-electron chi connectivity index (χ3n) is 4.10. The van der Waals surface area contributed by atoms with Gasteiger partial charge in [0.15, 0.2) is 0 Å². The molecule has 116 valence electrons. The molecule has 0 bridgehead atoms. The number of nitrogens with one attached hydrogen (secondary N) is 1. The second-order valence-electron chi connectivity index (χ2n) is 6.08. The minimum Gasteiger partial charge on any atom is -0.378 e. The fraction of sp³-hybridized carbons (Fsp3) is 0.588. The highest BCUT2D eigenvalue weighted by Crippen LogP contribution is 2.19. The lowest BCUT2D eigenvalue weighted by Gasteiger charge is -2.27. The summed E-state index contributed by atoms with van der Waals surface area (Å²) in [4.78, 5) is 16.5. The SMILES string of the molecule is CCN(Cc1ccc(N(C)C)cc1)[C@@H](C)C(=O)NC1CC1. The van der Waals surface area contributed by atoms with E-state index in [9.17, 15) is 4.79 Å². The Hall–Kier alpha value is -1.55. The molecule has 1 aliphatic rings. The van der Waals surface area contributed by atoms with Crippen LogP contribution < -0.4 is 10.2 Å². The lowest BCUT2D eigenvalue weighted by molar-refractivity contribution is -0.126. The number of hydrogen-bond donors (Lipinski definition) is 1. The van der Waals surface area contributed by atoms with Gasteiger partial charge in [0.25, 0.3) is 0 Å². The van der Waals surface area contributed by atoms with Crippen LogP contribution in [-0.4, -0.2) is 43.5 Å². The molecule has 1 saturated carbocycles. The van der Waals surface area contributed by atoms with Crippen molar-refractivity contribution in [1.82, 2.24) is 10.2 Å². The van der Waals surface area contributed by atoms with Crippen molar-refractivity contribution in [2.75, 3.05) is 25.5 Å². The van der Waals surface area contributed by atoms with E-state index in [1.54, 1.807) is 0 Å². The van der Waals surface area contributed by atoms with Gasteiger partial charge in [0.05, 0.1) is 6.04 Å². The van der Waals surface area contributed by atoms with Crippen molar-refractivity contribution in [2.24, 2.45) is 0 Å². The number of amides is 1. The normalized spacial score (nSPS) is 15.9. The van der Waals surface area contributed by atoms with E-state index in [0.717, 1.165) is 25.9 Å². The molecule has 0 radical (unpaired) electrons. The van der Waals surface area contributed by atoms with Crippen LogP contribution in [0, 0.1) is 0 Å². The molecular weight excluding hydrogens is 262 g/mol. The van der Waals surface area contributed by atoms with Crippen LogP contribution in [-0.2, 0) is 11.3 Å². The number of anilines is 1. The van der Waals surface area contributed by atoms with Crippen LogP contribution >= 0.6 is 0 Å². The number of benzene rings is 1.